The van der Waals surface area contributed by atoms with Crippen LogP contribution in [0.1, 0.15) is 80.3 Å². The smallest absolute Gasteiger partial charge is 0.264 e. The molecule has 1 heterocycles. The molecular formula is C35H47ClN2O6S. The lowest BCUT2D eigenvalue weighted by Crippen LogP contribution is -2.43. The van der Waals surface area contributed by atoms with Gasteiger partial charge in [-0.3, -0.25) is 4.79 Å². The molecule has 45 heavy (non-hydrogen) atoms. The van der Waals surface area contributed by atoms with Crippen LogP contribution in [0.4, 0.5) is 5.69 Å². The molecule has 2 aliphatic rings. The van der Waals surface area contributed by atoms with Crippen LogP contribution in [0.25, 0.3) is 0 Å². The van der Waals surface area contributed by atoms with Crippen LogP contribution in [0, 0.1) is 11.8 Å². The van der Waals surface area contributed by atoms with Crippen LogP contribution >= 0.6 is 11.6 Å². The van der Waals surface area contributed by atoms with Crippen molar-refractivity contribution < 1.29 is 28.2 Å². The van der Waals surface area contributed by atoms with E-state index in [9.17, 15) is 23.4 Å². The quantitative estimate of drug-likeness (QED) is 0.233. The molecule has 1 fully saturated rings. The van der Waals surface area contributed by atoms with E-state index >= 15 is 0 Å². The molecule has 1 aliphatic heterocycles. The maximum atomic E-state index is 13.3. The van der Waals surface area contributed by atoms with Gasteiger partial charge in [0.2, 0.25) is 10.0 Å². The fourth-order valence-electron chi connectivity index (χ4n) is 6.03. The van der Waals surface area contributed by atoms with Crippen molar-refractivity contribution in [1.29, 1.82) is 0 Å². The first-order valence-corrected chi connectivity index (χ1v) is 17.9. The van der Waals surface area contributed by atoms with Crippen molar-refractivity contribution in [1.82, 2.24) is 4.72 Å². The summed E-state index contributed by atoms with van der Waals surface area (Å²) in [6, 6.07) is 10.8. The van der Waals surface area contributed by atoms with Crippen molar-refractivity contribution in [2.75, 3.05) is 18.0 Å². The van der Waals surface area contributed by atoms with E-state index in [1.54, 1.807) is 18.2 Å². The lowest BCUT2D eigenvalue weighted by atomic mass is 9.70. The van der Waals surface area contributed by atoms with Gasteiger partial charge in [-0.2, -0.15) is 0 Å². The van der Waals surface area contributed by atoms with Gasteiger partial charge in [-0.25, -0.2) is 13.1 Å². The number of carbonyl (C=O) groups excluding carboxylic acids is 1. The Bertz CT molecular complexity index is 1460. The average molecular weight is 659 g/mol. The minimum atomic E-state index is -4.16. The minimum absolute atomic E-state index is 0.0853. The summed E-state index contributed by atoms with van der Waals surface area (Å²) in [7, 11) is -4.16. The molecule has 2 aromatic rings. The van der Waals surface area contributed by atoms with Crippen molar-refractivity contribution >= 4 is 33.2 Å². The number of nitrogens with zero attached hydrogens (tertiary/aromatic N) is 1. The highest BCUT2D eigenvalue weighted by atomic mass is 35.5. The maximum absolute atomic E-state index is 13.3. The lowest BCUT2D eigenvalue weighted by molar-refractivity contribution is 0.0461. The summed E-state index contributed by atoms with van der Waals surface area (Å²) < 4.78 is 34.4. The van der Waals surface area contributed by atoms with Gasteiger partial charge in [-0.05, 0) is 105 Å². The number of aliphatic hydroxyl groups is 2. The molecule has 0 aromatic heterocycles. The Morgan fingerprint density at radius 1 is 1.18 bits per heavy atom. The van der Waals surface area contributed by atoms with E-state index in [0.717, 1.165) is 56.1 Å². The molecule has 3 N–H and O–H groups in total. The number of amides is 1. The van der Waals surface area contributed by atoms with Crippen molar-refractivity contribution in [2.24, 2.45) is 11.8 Å². The molecule has 0 unspecified atom stereocenters. The molecule has 1 aliphatic carbocycles. The second kappa shape index (κ2) is 16.1. The average Bonchev–Trinajstić information content (AvgIpc) is 3.02. The van der Waals surface area contributed by atoms with E-state index in [-0.39, 0.29) is 23.8 Å². The number of nitrogens with one attached hydrogen (secondary N) is 1. The summed E-state index contributed by atoms with van der Waals surface area (Å²) in [5.74, 6) is 0.214. The SMILES string of the molecule is C=CC[C@H](O)[C@H](C)S(=O)(=O)NC(=O)c1ccc2c(c1)N(C[C@@H]1CC[C@H]1[C@@H](O)/C=C/CCC)CCCCc1cc(Cl)ccc1CO2. The van der Waals surface area contributed by atoms with Gasteiger partial charge in [0.1, 0.15) is 17.6 Å². The molecule has 5 atom stereocenters. The van der Waals surface area contributed by atoms with Crippen LogP contribution in [-0.2, 0) is 23.1 Å². The number of unbranched alkanes of at least 4 members (excludes halogenated alkanes) is 1. The second-order valence-electron chi connectivity index (χ2n) is 12.3. The topological polar surface area (TPSA) is 116 Å². The van der Waals surface area contributed by atoms with Gasteiger partial charge in [0.15, 0.2) is 0 Å². The van der Waals surface area contributed by atoms with Crippen molar-refractivity contribution in [3.8, 4) is 5.75 Å². The Labute approximate surface area is 273 Å². The fourth-order valence-corrected chi connectivity index (χ4v) is 7.31. The number of benzene rings is 2. The molecule has 0 bridgehead atoms. The van der Waals surface area contributed by atoms with Crippen molar-refractivity contribution in [3.05, 3.63) is 82.9 Å². The third kappa shape index (κ3) is 9.12. The molecule has 0 spiro atoms. The van der Waals surface area contributed by atoms with Gasteiger partial charge in [0.05, 0.1) is 17.9 Å². The number of anilines is 1. The van der Waals surface area contributed by atoms with Gasteiger partial charge in [0, 0.05) is 23.7 Å². The van der Waals surface area contributed by atoms with Gasteiger partial charge in [-0.1, -0.05) is 49.2 Å². The van der Waals surface area contributed by atoms with Gasteiger partial charge in [0.25, 0.3) is 5.91 Å². The predicted octanol–water partition coefficient (Wildman–Crippen LogP) is 6.19. The highest BCUT2D eigenvalue weighted by Crippen LogP contribution is 2.41. The number of aryl methyl sites for hydroxylation is 1. The monoisotopic (exact) mass is 658 g/mol. The fraction of sp³-hybridized carbons (Fsp3) is 0.514. The number of hydrogen-bond donors (Lipinski definition) is 3. The molecule has 4 rings (SSSR count). The predicted molar refractivity (Wildman–Crippen MR) is 180 cm³/mol. The molecule has 246 valence electrons. The number of hydrogen-bond acceptors (Lipinski definition) is 7. The third-order valence-corrected chi connectivity index (χ3v) is 11.1. The minimum Gasteiger partial charge on any atom is -0.487 e. The summed E-state index contributed by atoms with van der Waals surface area (Å²) in [4.78, 5) is 15.5. The molecule has 1 amide bonds. The number of ether oxygens (including phenoxy) is 1. The first-order valence-electron chi connectivity index (χ1n) is 16.0. The molecule has 0 saturated heterocycles. The Morgan fingerprint density at radius 2 is 1.98 bits per heavy atom. The Balaban J connectivity index is 1.64. The number of rotatable bonds is 12. The Morgan fingerprint density at radius 3 is 2.69 bits per heavy atom. The summed E-state index contributed by atoms with van der Waals surface area (Å²) >= 11 is 6.31. The Kier molecular flexibility index (Phi) is 12.5. The number of sulfonamides is 1. The summed E-state index contributed by atoms with van der Waals surface area (Å²) in [6.07, 6.45) is 10.4. The van der Waals surface area contributed by atoms with Gasteiger partial charge >= 0.3 is 0 Å². The van der Waals surface area contributed by atoms with Crippen LogP contribution in [0.5, 0.6) is 5.75 Å². The lowest BCUT2D eigenvalue weighted by Gasteiger charge is -2.42. The van der Waals surface area contributed by atoms with E-state index in [2.05, 4.69) is 29.2 Å². The number of fused-ring (bicyclic) bond motifs is 2. The first-order chi connectivity index (χ1) is 21.5. The van der Waals surface area contributed by atoms with Crippen LogP contribution in [-0.4, -0.2) is 55.1 Å². The highest BCUT2D eigenvalue weighted by molar-refractivity contribution is 7.90. The summed E-state index contributed by atoms with van der Waals surface area (Å²) in [5.41, 5.74) is 3.07. The van der Waals surface area contributed by atoms with Gasteiger partial charge < -0.3 is 19.8 Å². The Hall–Kier alpha value is -2.85. The van der Waals surface area contributed by atoms with Gasteiger partial charge in [-0.15, -0.1) is 6.58 Å². The number of aliphatic hydroxyl groups excluding tert-OH is 2. The van der Waals surface area contributed by atoms with E-state index in [4.69, 9.17) is 16.3 Å². The van der Waals surface area contributed by atoms with Crippen LogP contribution in [0.15, 0.2) is 61.2 Å². The van der Waals surface area contributed by atoms with E-state index < -0.39 is 33.4 Å². The second-order valence-corrected chi connectivity index (χ2v) is 14.7. The third-order valence-electron chi connectivity index (χ3n) is 9.07. The van der Waals surface area contributed by atoms with Crippen LogP contribution in [0.2, 0.25) is 5.02 Å². The maximum Gasteiger partial charge on any atom is 0.264 e. The number of allylic oxidation sites excluding steroid dienone is 1. The first kappa shape index (κ1) is 35.0. The molecule has 8 nitrogen and oxygen atoms in total. The molecule has 2 aromatic carbocycles. The van der Waals surface area contributed by atoms with Crippen LogP contribution in [0.3, 0.4) is 0 Å². The summed E-state index contributed by atoms with van der Waals surface area (Å²) in [6.45, 7) is 8.72. The zero-order valence-corrected chi connectivity index (χ0v) is 27.9. The molecule has 0 radical (unpaired) electrons. The van der Waals surface area contributed by atoms with E-state index in [1.165, 1.54) is 13.0 Å². The highest BCUT2D eigenvalue weighted by Gasteiger charge is 2.37. The van der Waals surface area contributed by atoms with E-state index in [1.807, 2.05) is 24.3 Å². The zero-order chi connectivity index (χ0) is 32.6. The summed E-state index contributed by atoms with van der Waals surface area (Å²) in [5, 5.41) is 20.6. The van der Waals surface area contributed by atoms with Crippen LogP contribution < -0.4 is 14.4 Å². The molecular weight excluding hydrogens is 612 g/mol. The van der Waals surface area contributed by atoms with E-state index in [0.29, 0.717) is 36.2 Å². The molecule has 1 saturated carbocycles. The number of carbonyl (C=O) groups is 1. The molecule has 10 heteroatoms. The van der Waals surface area contributed by atoms with Crippen molar-refractivity contribution in [3.63, 3.8) is 0 Å². The number of halogens is 1. The zero-order valence-electron chi connectivity index (χ0n) is 26.3. The standard InChI is InChI=1S/C35H47ClN2O6S/c1-4-6-7-12-33(40)30-17-14-27(30)22-38-19-9-8-11-25-20-29(36)16-13-28(25)23-44-34-18-15-26(21-31(34)38)35(41)37-45(42,43)24(3)32(39)10-5-2/h5,7,12-13,15-16,18,20-21,24,27,30,32-33,39-40H,2,4,6,8-11,14,17,19,22-23H2,1,3H3,(H,37,41)/b12-7+/t24-,27-,30+,32-,33-/m0/s1. The largest absolute Gasteiger partial charge is 0.487 e. The van der Waals surface area contributed by atoms with Crippen molar-refractivity contribution in [2.45, 2.75) is 89.3 Å². The normalized spacial score (nSPS) is 20.9.